The molecule has 0 aromatic heterocycles. The minimum absolute atomic E-state index is 0.00248. The van der Waals surface area contributed by atoms with Crippen LogP contribution < -0.4 is 5.73 Å². The minimum atomic E-state index is -1.12. The Morgan fingerprint density at radius 2 is 2.39 bits per heavy atom. The molecule has 0 unspecified atom stereocenters. The molecular formula is C13H16N2O3. The molecule has 3 rings (SSSR count). The van der Waals surface area contributed by atoms with Gasteiger partial charge in [-0.05, 0) is 25.7 Å². The Hall–Kier alpha value is -1.54. The fourth-order valence-electron chi connectivity index (χ4n) is 3.97. The Morgan fingerprint density at radius 3 is 3.00 bits per heavy atom. The van der Waals surface area contributed by atoms with E-state index >= 15 is 0 Å². The van der Waals surface area contributed by atoms with Crippen molar-refractivity contribution in [2.75, 3.05) is 0 Å². The maximum Gasteiger partial charge on any atom is 0.266 e. The highest BCUT2D eigenvalue weighted by molar-refractivity contribution is 6.39. The number of rotatable bonds is 2. The fraction of sp³-hybridized carbons (Fsp3) is 0.692. The average molecular weight is 248 g/mol. The molecule has 0 aromatic carbocycles. The van der Waals surface area contributed by atoms with Crippen molar-refractivity contribution >= 4 is 11.6 Å². The van der Waals surface area contributed by atoms with E-state index in [2.05, 4.69) is 11.1 Å². The van der Waals surface area contributed by atoms with Gasteiger partial charge >= 0.3 is 0 Å². The number of aliphatic hydroxyl groups is 1. The number of carbonyl (C=O) groups excluding carboxylic acids is 1. The van der Waals surface area contributed by atoms with E-state index in [1.165, 1.54) is 0 Å². The largest absolute Gasteiger partial charge is 0.391 e. The quantitative estimate of drug-likeness (QED) is 0.668. The van der Waals surface area contributed by atoms with Gasteiger partial charge in [0, 0.05) is 11.8 Å². The summed E-state index contributed by atoms with van der Waals surface area (Å²) >= 11 is 0. The van der Waals surface area contributed by atoms with Crippen molar-refractivity contribution in [1.82, 2.24) is 0 Å². The van der Waals surface area contributed by atoms with Crippen molar-refractivity contribution in [3.05, 3.63) is 0 Å². The summed E-state index contributed by atoms with van der Waals surface area (Å²) in [7, 11) is 0. The smallest absolute Gasteiger partial charge is 0.266 e. The number of terminal acetylenes is 1. The SMILES string of the molecule is C#C[C@](C)(O)[C@@H]1C[C@H]2C[C@H]1[C@H]1ON=C(C(N)=O)[C@@H]21. The van der Waals surface area contributed by atoms with E-state index in [0.717, 1.165) is 12.8 Å². The molecule has 18 heavy (non-hydrogen) atoms. The molecule has 2 fully saturated rings. The van der Waals surface area contributed by atoms with E-state index in [4.69, 9.17) is 17.0 Å². The normalized spacial score (nSPS) is 43.6. The van der Waals surface area contributed by atoms with Crippen molar-refractivity contribution in [1.29, 1.82) is 0 Å². The zero-order valence-corrected chi connectivity index (χ0v) is 10.2. The van der Waals surface area contributed by atoms with Crippen molar-refractivity contribution < 1.29 is 14.7 Å². The number of carbonyl (C=O) groups is 1. The Kier molecular flexibility index (Phi) is 2.23. The zero-order valence-electron chi connectivity index (χ0n) is 10.2. The van der Waals surface area contributed by atoms with Crippen molar-refractivity contribution in [2.24, 2.45) is 34.6 Å². The highest BCUT2D eigenvalue weighted by atomic mass is 16.6. The van der Waals surface area contributed by atoms with Gasteiger partial charge in [-0.1, -0.05) is 11.1 Å². The number of nitrogens with zero attached hydrogens (tertiary/aromatic N) is 1. The van der Waals surface area contributed by atoms with Crippen molar-refractivity contribution in [2.45, 2.75) is 31.5 Å². The van der Waals surface area contributed by atoms with E-state index in [-0.39, 0.29) is 23.9 Å². The van der Waals surface area contributed by atoms with Gasteiger partial charge in [0.05, 0.1) is 5.92 Å². The number of hydrogen-bond donors (Lipinski definition) is 2. The summed E-state index contributed by atoms with van der Waals surface area (Å²) in [5.41, 5.74) is 4.53. The Balaban J connectivity index is 1.85. The van der Waals surface area contributed by atoms with E-state index in [0.29, 0.717) is 11.6 Å². The highest BCUT2D eigenvalue weighted by Gasteiger charge is 2.62. The molecule has 2 saturated carbocycles. The molecule has 2 aliphatic carbocycles. The van der Waals surface area contributed by atoms with Gasteiger partial charge in [-0.3, -0.25) is 4.79 Å². The minimum Gasteiger partial charge on any atom is -0.391 e. The fourth-order valence-corrected chi connectivity index (χ4v) is 3.97. The Morgan fingerprint density at radius 1 is 1.67 bits per heavy atom. The second kappa shape index (κ2) is 3.48. The molecule has 0 aromatic rings. The van der Waals surface area contributed by atoms with Gasteiger partial charge in [0.25, 0.3) is 5.91 Å². The number of primary amides is 1. The predicted molar refractivity (Wildman–Crippen MR) is 64.2 cm³/mol. The van der Waals surface area contributed by atoms with Crippen LogP contribution in [0.5, 0.6) is 0 Å². The van der Waals surface area contributed by atoms with E-state index in [9.17, 15) is 9.90 Å². The third-order valence-corrected chi connectivity index (χ3v) is 4.79. The van der Waals surface area contributed by atoms with Crippen LogP contribution in [0.3, 0.4) is 0 Å². The Labute approximate surface area is 105 Å². The molecule has 3 aliphatic rings. The lowest BCUT2D eigenvalue weighted by Gasteiger charge is -2.36. The van der Waals surface area contributed by atoms with Gasteiger partial charge in [-0.15, -0.1) is 6.42 Å². The van der Waals surface area contributed by atoms with Gasteiger partial charge in [0.15, 0.2) is 5.71 Å². The standard InChI is InChI=1S/C13H16N2O3/c1-3-13(2,17)8-5-6-4-7(8)11-9(6)10(12(14)16)15-18-11/h1,6-9,11,17H,4-5H2,2H3,(H2,14,16)/t6-,7-,8-,9-,11-,13+/m1/s1. The number of nitrogens with two attached hydrogens (primary N) is 1. The predicted octanol–water partition coefficient (Wildman–Crippen LogP) is -0.117. The van der Waals surface area contributed by atoms with Gasteiger partial charge < -0.3 is 15.7 Å². The summed E-state index contributed by atoms with van der Waals surface area (Å²) in [4.78, 5) is 16.6. The van der Waals surface area contributed by atoms with Crippen LogP contribution in [-0.2, 0) is 9.63 Å². The lowest BCUT2D eigenvalue weighted by atomic mass is 9.72. The molecule has 2 bridgehead atoms. The summed E-state index contributed by atoms with van der Waals surface area (Å²) in [6.07, 6.45) is 6.97. The first kappa shape index (κ1) is 11.5. The summed E-state index contributed by atoms with van der Waals surface area (Å²) in [6.45, 7) is 1.66. The molecule has 5 heteroatoms. The maximum absolute atomic E-state index is 11.3. The van der Waals surface area contributed by atoms with Gasteiger partial charge in [0.2, 0.25) is 0 Å². The molecule has 1 amide bonds. The Bertz CT molecular complexity index is 477. The molecule has 0 radical (unpaired) electrons. The molecule has 6 atom stereocenters. The maximum atomic E-state index is 11.3. The third-order valence-electron chi connectivity index (χ3n) is 4.79. The second-order valence-electron chi connectivity index (χ2n) is 5.73. The van der Waals surface area contributed by atoms with Crippen molar-refractivity contribution in [3.8, 4) is 12.3 Å². The molecule has 5 nitrogen and oxygen atoms in total. The molecule has 1 aliphatic heterocycles. The lowest BCUT2D eigenvalue weighted by molar-refractivity contribution is -0.112. The molecule has 1 heterocycles. The van der Waals surface area contributed by atoms with Gasteiger partial charge in [-0.25, -0.2) is 0 Å². The summed E-state index contributed by atoms with van der Waals surface area (Å²) in [5, 5.41) is 14.0. The van der Waals surface area contributed by atoms with Crippen LogP contribution in [-0.4, -0.2) is 28.4 Å². The number of fused-ring (bicyclic) bond motifs is 5. The van der Waals surface area contributed by atoms with Crippen LogP contribution >= 0.6 is 0 Å². The van der Waals surface area contributed by atoms with Crippen LogP contribution in [0.2, 0.25) is 0 Å². The lowest BCUT2D eigenvalue weighted by Crippen LogP contribution is -2.45. The van der Waals surface area contributed by atoms with Crippen LogP contribution in [0, 0.1) is 36.0 Å². The van der Waals surface area contributed by atoms with Gasteiger partial charge in [-0.2, -0.15) is 0 Å². The number of amides is 1. The molecular weight excluding hydrogens is 232 g/mol. The van der Waals surface area contributed by atoms with E-state index < -0.39 is 11.5 Å². The van der Waals surface area contributed by atoms with Crippen LogP contribution in [0.4, 0.5) is 0 Å². The first-order valence-corrected chi connectivity index (χ1v) is 6.19. The highest BCUT2D eigenvalue weighted by Crippen LogP contribution is 2.57. The van der Waals surface area contributed by atoms with Crippen molar-refractivity contribution in [3.63, 3.8) is 0 Å². The van der Waals surface area contributed by atoms with Gasteiger partial charge in [0.1, 0.15) is 11.7 Å². The molecule has 0 spiro atoms. The van der Waals surface area contributed by atoms with Crippen LogP contribution in [0.25, 0.3) is 0 Å². The number of hydrogen-bond acceptors (Lipinski definition) is 4. The zero-order chi connectivity index (χ0) is 13.1. The summed E-state index contributed by atoms with van der Waals surface area (Å²) < 4.78 is 0. The monoisotopic (exact) mass is 248 g/mol. The van der Waals surface area contributed by atoms with E-state index in [1.54, 1.807) is 6.92 Å². The first-order valence-electron chi connectivity index (χ1n) is 6.19. The van der Waals surface area contributed by atoms with Crippen LogP contribution in [0.1, 0.15) is 19.8 Å². The van der Waals surface area contributed by atoms with E-state index in [1.807, 2.05) is 0 Å². The molecule has 0 saturated heterocycles. The number of oxime groups is 1. The summed E-state index contributed by atoms with van der Waals surface area (Å²) in [6, 6.07) is 0. The first-order chi connectivity index (χ1) is 8.45. The molecule has 96 valence electrons. The average Bonchev–Trinajstić information content (AvgIpc) is 2.99. The van der Waals surface area contributed by atoms with Crippen LogP contribution in [0.15, 0.2) is 5.16 Å². The second-order valence-corrected chi connectivity index (χ2v) is 5.73. The topological polar surface area (TPSA) is 84.9 Å². The third kappa shape index (κ3) is 1.33. The molecule has 3 N–H and O–H groups in total. The summed E-state index contributed by atoms with van der Waals surface area (Å²) in [5.74, 6) is 2.41.